The second kappa shape index (κ2) is 7.54. The average molecular weight is 354 g/mol. The van der Waals surface area contributed by atoms with Crippen molar-refractivity contribution >= 4 is 41.5 Å². The van der Waals surface area contributed by atoms with Crippen molar-refractivity contribution in [2.75, 3.05) is 26.2 Å². The molecule has 0 spiro atoms. The smallest absolute Gasteiger partial charge is 0.260 e. The number of rotatable bonds is 4. The van der Waals surface area contributed by atoms with Crippen LogP contribution in [0.1, 0.15) is 13.3 Å². The first kappa shape index (κ1) is 18.4. The Balaban J connectivity index is 0.00000220. The second-order valence-electron chi connectivity index (χ2n) is 5.44. The Morgan fingerprint density at radius 3 is 2.76 bits per heavy atom. The maximum atomic E-state index is 12.1. The number of halogens is 3. The van der Waals surface area contributed by atoms with Crippen LogP contribution in [-0.4, -0.2) is 37.0 Å². The third-order valence-electron chi connectivity index (χ3n) is 3.65. The molecule has 0 aromatic heterocycles. The summed E-state index contributed by atoms with van der Waals surface area (Å²) in [5.74, 6) is 0.415. The summed E-state index contributed by atoms with van der Waals surface area (Å²) >= 11 is 11.8. The minimum atomic E-state index is -0.0480. The van der Waals surface area contributed by atoms with E-state index in [1.165, 1.54) is 0 Å². The molecule has 1 saturated heterocycles. The summed E-state index contributed by atoms with van der Waals surface area (Å²) in [6, 6.07) is 4.92. The van der Waals surface area contributed by atoms with Crippen LogP contribution in [0.5, 0.6) is 5.75 Å². The minimum Gasteiger partial charge on any atom is -0.482 e. The zero-order chi connectivity index (χ0) is 14.8. The molecule has 0 radical (unpaired) electrons. The van der Waals surface area contributed by atoms with E-state index in [0.29, 0.717) is 28.9 Å². The Kier molecular flexibility index (Phi) is 6.60. The molecule has 1 heterocycles. The highest BCUT2D eigenvalue weighted by Gasteiger charge is 2.34. The van der Waals surface area contributed by atoms with Crippen LogP contribution in [0.25, 0.3) is 0 Å². The largest absolute Gasteiger partial charge is 0.482 e. The third-order valence-corrected chi connectivity index (χ3v) is 4.18. The zero-order valence-electron chi connectivity index (χ0n) is 11.8. The molecule has 1 fully saturated rings. The number of amides is 1. The lowest BCUT2D eigenvalue weighted by Crippen LogP contribution is -2.36. The van der Waals surface area contributed by atoms with Gasteiger partial charge < -0.3 is 15.4 Å². The first-order valence-electron chi connectivity index (χ1n) is 6.49. The van der Waals surface area contributed by atoms with Gasteiger partial charge in [0.15, 0.2) is 6.61 Å². The minimum absolute atomic E-state index is 0. The van der Waals surface area contributed by atoms with Crippen LogP contribution in [0.4, 0.5) is 0 Å². The fraction of sp³-hybridized carbons (Fsp3) is 0.500. The Hall–Kier alpha value is -0.680. The Morgan fingerprint density at radius 2 is 2.19 bits per heavy atom. The van der Waals surface area contributed by atoms with Crippen molar-refractivity contribution < 1.29 is 9.53 Å². The molecule has 0 bridgehead atoms. The summed E-state index contributed by atoms with van der Waals surface area (Å²) in [5.41, 5.74) is 5.75. The van der Waals surface area contributed by atoms with Crippen molar-refractivity contribution in [3.8, 4) is 5.75 Å². The molecule has 1 aromatic rings. The lowest BCUT2D eigenvalue weighted by molar-refractivity contribution is -0.132. The molecule has 1 atom stereocenters. The summed E-state index contributed by atoms with van der Waals surface area (Å²) in [4.78, 5) is 13.9. The van der Waals surface area contributed by atoms with E-state index in [9.17, 15) is 4.79 Å². The highest BCUT2D eigenvalue weighted by molar-refractivity contribution is 6.35. The van der Waals surface area contributed by atoms with E-state index in [-0.39, 0.29) is 30.3 Å². The Labute approximate surface area is 140 Å². The molecule has 2 rings (SSSR count). The third kappa shape index (κ3) is 4.65. The van der Waals surface area contributed by atoms with E-state index in [4.69, 9.17) is 33.7 Å². The number of carbonyl (C=O) groups is 1. The monoisotopic (exact) mass is 352 g/mol. The molecule has 1 amide bonds. The van der Waals surface area contributed by atoms with Crippen LogP contribution < -0.4 is 10.5 Å². The van der Waals surface area contributed by atoms with Gasteiger partial charge in [0, 0.05) is 18.1 Å². The van der Waals surface area contributed by atoms with E-state index >= 15 is 0 Å². The van der Waals surface area contributed by atoms with Crippen molar-refractivity contribution in [3.63, 3.8) is 0 Å². The average Bonchev–Trinajstić information content (AvgIpc) is 2.81. The highest BCUT2D eigenvalue weighted by atomic mass is 35.5. The number of nitrogens with two attached hydrogens (primary N) is 1. The van der Waals surface area contributed by atoms with E-state index in [0.717, 1.165) is 13.0 Å². The number of hydrogen-bond donors (Lipinski definition) is 1. The van der Waals surface area contributed by atoms with Gasteiger partial charge in [0.1, 0.15) is 5.75 Å². The molecule has 7 heteroatoms. The quantitative estimate of drug-likeness (QED) is 0.905. The van der Waals surface area contributed by atoms with Crippen LogP contribution >= 0.6 is 35.6 Å². The van der Waals surface area contributed by atoms with Crippen molar-refractivity contribution in [3.05, 3.63) is 28.2 Å². The van der Waals surface area contributed by atoms with Crippen LogP contribution in [0.3, 0.4) is 0 Å². The van der Waals surface area contributed by atoms with Gasteiger partial charge in [-0.3, -0.25) is 4.79 Å². The Bertz CT molecular complexity index is 513. The Morgan fingerprint density at radius 1 is 1.48 bits per heavy atom. The van der Waals surface area contributed by atoms with Gasteiger partial charge in [-0.2, -0.15) is 0 Å². The number of nitrogens with zero attached hydrogens (tertiary/aromatic N) is 1. The topological polar surface area (TPSA) is 55.6 Å². The van der Waals surface area contributed by atoms with Crippen molar-refractivity contribution in [1.82, 2.24) is 4.90 Å². The normalized spacial score (nSPS) is 21.0. The molecule has 0 saturated carbocycles. The maximum Gasteiger partial charge on any atom is 0.260 e. The van der Waals surface area contributed by atoms with E-state index in [2.05, 4.69) is 6.92 Å². The lowest BCUT2D eigenvalue weighted by Gasteiger charge is -2.22. The summed E-state index contributed by atoms with van der Waals surface area (Å²) in [6.45, 7) is 4.06. The number of ether oxygens (including phenoxy) is 1. The number of likely N-dealkylation sites (tertiary alicyclic amines) is 1. The van der Waals surface area contributed by atoms with Gasteiger partial charge in [-0.15, -0.1) is 12.4 Å². The molecule has 2 N–H and O–H groups in total. The molecule has 4 nitrogen and oxygen atoms in total. The SMILES string of the molecule is CC1(CN)CCN(C(=O)COc2ccc(Cl)cc2Cl)C1.Cl. The fourth-order valence-electron chi connectivity index (χ4n) is 2.23. The summed E-state index contributed by atoms with van der Waals surface area (Å²) in [5, 5.41) is 0.936. The summed E-state index contributed by atoms with van der Waals surface area (Å²) in [6.07, 6.45) is 0.928. The van der Waals surface area contributed by atoms with Gasteiger partial charge in [-0.1, -0.05) is 30.1 Å². The number of benzene rings is 1. The molecular weight excluding hydrogens is 335 g/mol. The van der Waals surface area contributed by atoms with Crippen LogP contribution in [0, 0.1) is 5.41 Å². The van der Waals surface area contributed by atoms with Crippen molar-refractivity contribution in [1.29, 1.82) is 0 Å². The first-order chi connectivity index (χ1) is 9.43. The van der Waals surface area contributed by atoms with Crippen LogP contribution in [0.15, 0.2) is 18.2 Å². The molecule has 21 heavy (non-hydrogen) atoms. The summed E-state index contributed by atoms with van der Waals surface area (Å²) in [7, 11) is 0. The second-order valence-corrected chi connectivity index (χ2v) is 6.29. The zero-order valence-corrected chi connectivity index (χ0v) is 14.1. The molecule has 0 aliphatic carbocycles. The van der Waals surface area contributed by atoms with Gasteiger partial charge in [-0.05, 0) is 36.6 Å². The van der Waals surface area contributed by atoms with Crippen LogP contribution in [-0.2, 0) is 4.79 Å². The van der Waals surface area contributed by atoms with E-state index in [1.807, 2.05) is 0 Å². The van der Waals surface area contributed by atoms with Crippen molar-refractivity contribution in [2.45, 2.75) is 13.3 Å². The van der Waals surface area contributed by atoms with Crippen LogP contribution in [0.2, 0.25) is 10.0 Å². The molecule has 1 aliphatic heterocycles. The van der Waals surface area contributed by atoms with Crippen molar-refractivity contribution in [2.24, 2.45) is 11.1 Å². The maximum absolute atomic E-state index is 12.1. The van der Waals surface area contributed by atoms with Gasteiger partial charge in [0.25, 0.3) is 5.91 Å². The predicted octanol–water partition coefficient (Wildman–Crippen LogP) is 2.99. The summed E-state index contributed by atoms with van der Waals surface area (Å²) < 4.78 is 5.45. The van der Waals surface area contributed by atoms with Gasteiger partial charge in [-0.25, -0.2) is 0 Å². The van der Waals surface area contributed by atoms with E-state index < -0.39 is 0 Å². The fourth-order valence-corrected chi connectivity index (χ4v) is 2.69. The number of carbonyl (C=O) groups excluding carboxylic acids is 1. The molecule has 1 aliphatic rings. The standard InChI is InChI=1S/C14H18Cl2N2O2.ClH/c1-14(8-17)4-5-18(9-14)13(19)7-20-12-3-2-10(15)6-11(12)16;/h2-3,6H,4-5,7-9,17H2,1H3;1H. The molecular formula is C14H19Cl3N2O2. The lowest BCUT2D eigenvalue weighted by atomic mass is 9.90. The molecule has 1 aromatic carbocycles. The highest BCUT2D eigenvalue weighted by Crippen LogP contribution is 2.29. The number of hydrogen-bond acceptors (Lipinski definition) is 3. The molecule has 118 valence electrons. The van der Waals surface area contributed by atoms with E-state index in [1.54, 1.807) is 23.1 Å². The van der Waals surface area contributed by atoms with Gasteiger partial charge in [0.2, 0.25) is 0 Å². The van der Waals surface area contributed by atoms with Gasteiger partial charge in [0.05, 0.1) is 5.02 Å². The predicted molar refractivity (Wildman–Crippen MR) is 87.6 cm³/mol. The van der Waals surface area contributed by atoms with Gasteiger partial charge >= 0.3 is 0 Å². The molecule has 1 unspecified atom stereocenters. The first-order valence-corrected chi connectivity index (χ1v) is 7.25.